The first-order valence-electron chi connectivity index (χ1n) is 7.10. The lowest BCUT2D eigenvalue weighted by Crippen LogP contribution is -2.22. The van der Waals surface area contributed by atoms with Crippen molar-refractivity contribution in [2.75, 3.05) is 5.32 Å². The number of amides is 1. The molecule has 21 heavy (non-hydrogen) atoms. The summed E-state index contributed by atoms with van der Waals surface area (Å²) in [6.45, 7) is 6.09. The van der Waals surface area contributed by atoms with Gasteiger partial charge < -0.3 is 5.32 Å². The molecule has 2 aromatic carbocycles. The highest BCUT2D eigenvalue weighted by Crippen LogP contribution is 2.21. The molecule has 0 heterocycles. The summed E-state index contributed by atoms with van der Waals surface area (Å²) in [5.74, 6) is 0.909. The highest BCUT2D eigenvalue weighted by atomic mass is 32.2. The van der Waals surface area contributed by atoms with Crippen molar-refractivity contribution >= 4 is 23.4 Å². The zero-order chi connectivity index (χ0) is 15.2. The quantitative estimate of drug-likeness (QED) is 0.876. The minimum absolute atomic E-state index is 0.0532. The number of hydrogen-bond acceptors (Lipinski definition) is 2. The van der Waals surface area contributed by atoms with Crippen molar-refractivity contribution in [3.63, 3.8) is 0 Å². The van der Waals surface area contributed by atoms with Crippen molar-refractivity contribution in [1.29, 1.82) is 0 Å². The Morgan fingerprint density at radius 1 is 1.10 bits per heavy atom. The summed E-state index contributed by atoms with van der Waals surface area (Å²) in [5, 5.41) is 2.88. The van der Waals surface area contributed by atoms with Crippen LogP contribution in [-0.2, 0) is 10.5 Å². The van der Waals surface area contributed by atoms with Crippen molar-refractivity contribution in [3.8, 4) is 0 Å². The molecule has 0 unspecified atom stereocenters. The van der Waals surface area contributed by atoms with Gasteiger partial charge in [-0.3, -0.25) is 4.79 Å². The van der Waals surface area contributed by atoms with Gasteiger partial charge in [0.25, 0.3) is 0 Å². The van der Waals surface area contributed by atoms with Crippen molar-refractivity contribution in [2.45, 2.75) is 31.8 Å². The van der Waals surface area contributed by atoms with E-state index in [0.717, 1.165) is 11.4 Å². The molecule has 2 rings (SSSR count). The number of carbonyl (C=O) groups excluding carboxylic acids is 1. The standard InChI is InChI=1S/C18H21NOS/c1-13-8-10-17(11-9-13)19-18(20)15(3)21-12-16-7-5-4-6-14(16)2/h4-11,15H,12H2,1-3H3,(H,19,20)/t15-/m0/s1. The molecule has 0 bridgehead atoms. The van der Waals surface area contributed by atoms with E-state index in [1.807, 2.05) is 50.2 Å². The average molecular weight is 299 g/mol. The minimum Gasteiger partial charge on any atom is -0.325 e. The van der Waals surface area contributed by atoms with Crippen molar-refractivity contribution in [2.24, 2.45) is 0 Å². The summed E-state index contributed by atoms with van der Waals surface area (Å²) in [5.41, 5.74) is 4.61. The number of carbonyl (C=O) groups is 1. The molecule has 1 atom stereocenters. The molecule has 0 aliphatic carbocycles. The van der Waals surface area contributed by atoms with Gasteiger partial charge >= 0.3 is 0 Å². The molecule has 0 radical (unpaired) electrons. The number of aryl methyl sites for hydroxylation is 2. The third-order valence-corrected chi connectivity index (χ3v) is 4.63. The van der Waals surface area contributed by atoms with E-state index in [4.69, 9.17) is 0 Å². The van der Waals surface area contributed by atoms with E-state index in [-0.39, 0.29) is 11.2 Å². The third-order valence-electron chi connectivity index (χ3n) is 3.44. The highest BCUT2D eigenvalue weighted by molar-refractivity contribution is 7.99. The summed E-state index contributed by atoms with van der Waals surface area (Å²) in [7, 11) is 0. The van der Waals surface area contributed by atoms with Crippen LogP contribution in [0.1, 0.15) is 23.6 Å². The maximum Gasteiger partial charge on any atom is 0.237 e. The summed E-state index contributed by atoms with van der Waals surface area (Å²) in [6.07, 6.45) is 0. The Hall–Kier alpha value is -1.74. The Kier molecular flexibility index (Phi) is 5.45. The normalized spacial score (nSPS) is 12.0. The zero-order valence-electron chi connectivity index (χ0n) is 12.7. The summed E-state index contributed by atoms with van der Waals surface area (Å²) in [6, 6.07) is 16.2. The van der Waals surface area contributed by atoms with Gasteiger partial charge in [0.05, 0.1) is 5.25 Å². The summed E-state index contributed by atoms with van der Waals surface area (Å²) >= 11 is 1.66. The molecule has 1 amide bonds. The molecule has 0 aromatic heterocycles. The van der Waals surface area contributed by atoms with E-state index in [9.17, 15) is 4.79 Å². The van der Waals surface area contributed by atoms with Crippen LogP contribution in [-0.4, -0.2) is 11.2 Å². The number of nitrogens with one attached hydrogen (secondary N) is 1. The van der Waals surface area contributed by atoms with Crippen LogP contribution in [0.3, 0.4) is 0 Å². The molecule has 0 fully saturated rings. The van der Waals surface area contributed by atoms with Gasteiger partial charge in [-0.25, -0.2) is 0 Å². The second kappa shape index (κ2) is 7.32. The molecule has 0 aliphatic heterocycles. The number of anilines is 1. The van der Waals surface area contributed by atoms with Crippen molar-refractivity contribution in [1.82, 2.24) is 0 Å². The van der Waals surface area contributed by atoms with E-state index in [2.05, 4.69) is 24.4 Å². The predicted molar refractivity (Wildman–Crippen MR) is 91.7 cm³/mol. The summed E-state index contributed by atoms with van der Waals surface area (Å²) in [4.78, 5) is 12.2. The molecule has 0 saturated heterocycles. The smallest absolute Gasteiger partial charge is 0.237 e. The monoisotopic (exact) mass is 299 g/mol. The van der Waals surface area contributed by atoms with E-state index in [1.165, 1.54) is 16.7 Å². The average Bonchev–Trinajstić information content (AvgIpc) is 2.48. The van der Waals surface area contributed by atoms with Crippen LogP contribution in [0.15, 0.2) is 48.5 Å². The van der Waals surface area contributed by atoms with Gasteiger partial charge in [-0.1, -0.05) is 42.0 Å². The van der Waals surface area contributed by atoms with Crippen LogP contribution in [0.25, 0.3) is 0 Å². The lowest BCUT2D eigenvalue weighted by Gasteiger charge is -2.13. The molecule has 110 valence electrons. The first-order chi connectivity index (χ1) is 10.1. The lowest BCUT2D eigenvalue weighted by molar-refractivity contribution is -0.115. The summed E-state index contributed by atoms with van der Waals surface area (Å²) < 4.78 is 0. The van der Waals surface area contributed by atoms with Crippen molar-refractivity contribution in [3.05, 3.63) is 65.2 Å². The molecular formula is C18H21NOS. The fourth-order valence-corrected chi connectivity index (χ4v) is 2.91. The lowest BCUT2D eigenvalue weighted by atomic mass is 10.1. The third kappa shape index (κ3) is 4.64. The fraction of sp³-hybridized carbons (Fsp3) is 0.278. The molecular weight excluding hydrogens is 278 g/mol. The van der Waals surface area contributed by atoms with Gasteiger partial charge in [0.1, 0.15) is 0 Å². The van der Waals surface area contributed by atoms with Crippen LogP contribution in [0, 0.1) is 13.8 Å². The first kappa shape index (κ1) is 15.6. The molecule has 1 N–H and O–H groups in total. The maximum absolute atomic E-state index is 12.2. The highest BCUT2D eigenvalue weighted by Gasteiger charge is 2.14. The van der Waals surface area contributed by atoms with Gasteiger partial charge in [0, 0.05) is 11.4 Å². The van der Waals surface area contributed by atoms with Gasteiger partial charge in [0.15, 0.2) is 0 Å². The van der Waals surface area contributed by atoms with Gasteiger partial charge in [-0.2, -0.15) is 0 Å². The fourth-order valence-electron chi connectivity index (χ4n) is 1.94. The number of hydrogen-bond donors (Lipinski definition) is 1. The Balaban J connectivity index is 1.88. The van der Waals surface area contributed by atoms with E-state index in [1.54, 1.807) is 11.8 Å². The van der Waals surface area contributed by atoms with Crippen LogP contribution in [0.5, 0.6) is 0 Å². The maximum atomic E-state index is 12.2. The van der Waals surface area contributed by atoms with Gasteiger partial charge in [0.2, 0.25) is 5.91 Å². The van der Waals surface area contributed by atoms with Gasteiger partial charge in [-0.05, 0) is 44.0 Å². The predicted octanol–water partition coefficient (Wildman–Crippen LogP) is 4.56. The Bertz CT molecular complexity index is 607. The number of thioether (sulfide) groups is 1. The van der Waals surface area contributed by atoms with E-state index >= 15 is 0 Å². The number of rotatable bonds is 5. The molecule has 2 aromatic rings. The SMILES string of the molecule is Cc1ccc(NC(=O)[C@H](C)SCc2ccccc2C)cc1. The first-order valence-corrected chi connectivity index (χ1v) is 8.15. The second-order valence-electron chi connectivity index (χ2n) is 5.23. The van der Waals surface area contributed by atoms with Crippen LogP contribution < -0.4 is 5.32 Å². The largest absolute Gasteiger partial charge is 0.325 e. The minimum atomic E-state index is -0.0779. The van der Waals surface area contributed by atoms with Crippen molar-refractivity contribution < 1.29 is 4.79 Å². The Morgan fingerprint density at radius 3 is 2.43 bits per heavy atom. The topological polar surface area (TPSA) is 29.1 Å². The van der Waals surface area contributed by atoms with E-state index < -0.39 is 0 Å². The molecule has 3 heteroatoms. The molecule has 0 spiro atoms. The molecule has 0 aliphatic rings. The van der Waals surface area contributed by atoms with Crippen LogP contribution in [0.4, 0.5) is 5.69 Å². The van der Waals surface area contributed by atoms with Crippen LogP contribution in [0.2, 0.25) is 0 Å². The molecule has 2 nitrogen and oxygen atoms in total. The number of benzene rings is 2. The van der Waals surface area contributed by atoms with Gasteiger partial charge in [-0.15, -0.1) is 11.8 Å². The van der Waals surface area contributed by atoms with E-state index in [0.29, 0.717) is 0 Å². The van der Waals surface area contributed by atoms with Crippen LogP contribution >= 0.6 is 11.8 Å². The second-order valence-corrected chi connectivity index (χ2v) is 6.56. The zero-order valence-corrected chi connectivity index (χ0v) is 13.5. The Labute approximate surface area is 131 Å². The molecule has 0 saturated carbocycles. The Morgan fingerprint density at radius 2 is 1.76 bits per heavy atom.